The lowest BCUT2D eigenvalue weighted by atomic mass is 10.2. The van der Waals surface area contributed by atoms with Crippen LogP contribution in [0.25, 0.3) is 11.2 Å². The molecule has 0 radical (unpaired) electrons. The van der Waals surface area contributed by atoms with E-state index in [4.69, 9.17) is 4.98 Å². The molecule has 0 amide bonds. The van der Waals surface area contributed by atoms with Crippen molar-refractivity contribution in [1.29, 1.82) is 0 Å². The fraction of sp³-hybridized carbons (Fsp3) is 0.250. The zero-order valence-electron chi connectivity index (χ0n) is 15.6. The van der Waals surface area contributed by atoms with Crippen molar-refractivity contribution in [3.8, 4) is 5.69 Å². The monoisotopic (exact) mass is 393 g/mol. The molecule has 1 aliphatic rings. The Morgan fingerprint density at radius 1 is 1.21 bits per heavy atom. The average Bonchev–Trinajstić information content (AvgIpc) is 3.48. The second-order valence-corrected chi connectivity index (χ2v) is 7.01. The molecule has 3 aromatic heterocycles. The molecule has 1 fully saturated rings. The highest BCUT2D eigenvalue weighted by atomic mass is 19.1. The van der Waals surface area contributed by atoms with Crippen molar-refractivity contribution in [1.82, 2.24) is 24.1 Å². The van der Waals surface area contributed by atoms with Crippen LogP contribution in [0.4, 0.5) is 22.0 Å². The highest BCUT2D eigenvalue weighted by Gasteiger charge is 2.27. The Labute approximate surface area is 166 Å². The average molecular weight is 393 g/mol. The standard InChI is InChI=1S/C20H20FN7O/c21-15-6-1-2-7-16(15)26-11-18(22-13-26)23-19-17-8-4-10-28(17)25-20(24-19)27-9-3-5-14(27)12-29/h1-2,4,6-8,10-11,13-14,29H,3,5,9,12H2,(H,23,24,25)/t14-/m0/s1. The van der Waals surface area contributed by atoms with Crippen LogP contribution in [-0.2, 0) is 0 Å². The van der Waals surface area contributed by atoms with E-state index >= 15 is 0 Å². The number of aliphatic hydroxyl groups excluding tert-OH is 1. The largest absolute Gasteiger partial charge is 0.394 e. The third-order valence-electron chi connectivity index (χ3n) is 5.18. The number of hydrogen-bond donors (Lipinski definition) is 2. The maximum absolute atomic E-state index is 14.1. The molecule has 148 valence electrons. The fourth-order valence-corrected chi connectivity index (χ4v) is 3.73. The molecule has 8 nitrogen and oxygen atoms in total. The van der Waals surface area contributed by atoms with Crippen LogP contribution in [0.1, 0.15) is 12.8 Å². The second-order valence-electron chi connectivity index (χ2n) is 7.01. The lowest BCUT2D eigenvalue weighted by molar-refractivity contribution is 0.265. The first-order valence-electron chi connectivity index (χ1n) is 9.52. The number of aromatic nitrogens is 5. The first-order valence-corrected chi connectivity index (χ1v) is 9.52. The number of rotatable bonds is 5. The second kappa shape index (κ2) is 7.17. The Morgan fingerprint density at radius 3 is 2.97 bits per heavy atom. The minimum absolute atomic E-state index is 0.0242. The van der Waals surface area contributed by atoms with Gasteiger partial charge >= 0.3 is 0 Å². The Bertz CT molecular complexity index is 1150. The molecule has 2 N–H and O–H groups in total. The summed E-state index contributed by atoms with van der Waals surface area (Å²) >= 11 is 0. The van der Waals surface area contributed by atoms with Crippen molar-refractivity contribution >= 4 is 23.1 Å². The molecule has 1 saturated heterocycles. The van der Waals surface area contributed by atoms with Crippen LogP contribution < -0.4 is 10.2 Å². The number of halogens is 1. The smallest absolute Gasteiger partial charge is 0.245 e. The van der Waals surface area contributed by atoms with E-state index in [9.17, 15) is 9.50 Å². The summed E-state index contributed by atoms with van der Waals surface area (Å²) in [6, 6.07) is 10.4. The molecule has 1 atom stereocenters. The molecule has 0 saturated carbocycles. The van der Waals surface area contributed by atoms with E-state index in [0.717, 1.165) is 24.9 Å². The van der Waals surface area contributed by atoms with Gasteiger partial charge in [0.15, 0.2) is 5.82 Å². The van der Waals surface area contributed by atoms with E-state index < -0.39 is 0 Å². The van der Waals surface area contributed by atoms with Crippen LogP contribution >= 0.6 is 0 Å². The third-order valence-corrected chi connectivity index (χ3v) is 5.18. The Hall–Kier alpha value is -3.46. The van der Waals surface area contributed by atoms with E-state index in [-0.39, 0.29) is 18.5 Å². The summed E-state index contributed by atoms with van der Waals surface area (Å²) in [5.74, 6) is 1.38. The maximum Gasteiger partial charge on any atom is 0.245 e. The predicted molar refractivity (Wildman–Crippen MR) is 107 cm³/mol. The minimum Gasteiger partial charge on any atom is -0.394 e. The van der Waals surface area contributed by atoms with Gasteiger partial charge in [0.25, 0.3) is 0 Å². The van der Waals surface area contributed by atoms with Crippen LogP contribution in [0.2, 0.25) is 0 Å². The van der Waals surface area contributed by atoms with Gasteiger partial charge in [-0.25, -0.2) is 13.9 Å². The van der Waals surface area contributed by atoms with Gasteiger partial charge in [0.1, 0.15) is 23.5 Å². The van der Waals surface area contributed by atoms with Gasteiger partial charge in [0.05, 0.1) is 24.5 Å². The number of imidazole rings is 1. The van der Waals surface area contributed by atoms with E-state index in [0.29, 0.717) is 23.3 Å². The van der Waals surface area contributed by atoms with E-state index in [2.05, 4.69) is 15.4 Å². The van der Waals surface area contributed by atoms with E-state index in [1.165, 1.54) is 6.07 Å². The molecule has 4 heterocycles. The molecule has 9 heteroatoms. The Morgan fingerprint density at radius 2 is 2.10 bits per heavy atom. The first kappa shape index (κ1) is 17.6. The Kier molecular flexibility index (Phi) is 4.36. The highest BCUT2D eigenvalue weighted by Crippen LogP contribution is 2.26. The summed E-state index contributed by atoms with van der Waals surface area (Å²) in [5.41, 5.74) is 1.22. The van der Waals surface area contributed by atoms with Gasteiger partial charge in [-0.15, -0.1) is 5.10 Å². The van der Waals surface area contributed by atoms with Gasteiger partial charge in [-0.3, -0.25) is 0 Å². The molecule has 4 aromatic rings. The van der Waals surface area contributed by atoms with E-state index in [1.54, 1.807) is 39.8 Å². The first-order chi connectivity index (χ1) is 14.2. The van der Waals surface area contributed by atoms with E-state index in [1.807, 2.05) is 23.2 Å². The van der Waals surface area contributed by atoms with Gasteiger partial charge in [-0.05, 0) is 37.1 Å². The van der Waals surface area contributed by atoms with Crippen LogP contribution in [0.5, 0.6) is 0 Å². The minimum atomic E-state index is -0.321. The van der Waals surface area contributed by atoms with Crippen molar-refractivity contribution in [2.75, 3.05) is 23.4 Å². The summed E-state index contributed by atoms with van der Waals surface area (Å²) < 4.78 is 17.4. The van der Waals surface area contributed by atoms with Gasteiger partial charge in [-0.2, -0.15) is 4.98 Å². The number of para-hydroxylation sites is 1. The molecule has 0 bridgehead atoms. The zero-order chi connectivity index (χ0) is 19.8. The summed E-state index contributed by atoms with van der Waals surface area (Å²) in [6.45, 7) is 0.877. The summed E-state index contributed by atoms with van der Waals surface area (Å²) in [6.07, 6.45) is 7.04. The number of fused-ring (bicyclic) bond motifs is 1. The number of aliphatic hydroxyl groups is 1. The molecular weight excluding hydrogens is 373 g/mol. The molecule has 1 aromatic carbocycles. The van der Waals surface area contributed by atoms with Gasteiger partial charge in [0.2, 0.25) is 5.95 Å². The molecular formula is C20H20FN7O. The van der Waals surface area contributed by atoms with Crippen molar-refractivity contribution in [2.24, 2.45) is 0 Å². The van der Waals surface area contributed by atoms with Gasteiger partial charge in [-0.1, -0.05) is 12.1 Å². The zero-order valence-corrected chi connectivity index (χ0v) is 15.6. The van der Waals surface area contributed by atoms with Crippen molar-refractivity contribution in [2.45, 2.75) is 18.9 Å². The lowest BCUT2D eigenvalue weighted by Gasteiger charge is -2.23. The molecule has 1 aliphatic heterocycles. The third kappa shape index (κ3) is 3.19. The highest BCUT2D eigenvalue weighted by molar-refractivity contribution is 5.73. The van der Waals surface area contributed by atoms with Crippen LogP contribution in [0.3, 0.4) is 0 Å². The van der Waals surface area contributed by atoms with Crippen molar-refractivity contribution in [3.05, 3.63) is 60.9 Å². The van der Waals surface area contributed by atoms with Gasteiger partial charge in [0, 0.05) is 12.7 Å². The number of anilines is 3. The quantitative estimate of drug-likeness (QED) is 0.543. The summed E-state index contributed by atoms with van der Waals surface area (Å²) in [4.78, 5) is 11.1. The van der Waals surface area contributed by atoms with Crippen molar-refractivity contribution < 1.29 is 9.50 Å². The molecule has 0 unspecified atom stereocenters. The van der Waals surface area contributed by atoms with Gasteiger partial charge < -0.3 is 19.9 Å². The molecule has 0 aliphatic carbocycles. The summed E-state index contributed by atoms with van der Waals surface area (Å²) in [5, 5.41) is 17.5. The number of benzene rings is 1. The van der Waals surface area contributed by atoms with Crippen LogP contribution in [0.15, 0.2) is 55.1 Å². The summed E-state index contributed by atoms with van der Waals surface area (Å²) in [7, 11) is 0. The maximum atomic E-state index is 14.1. The number of nitrogens with zero attached hydrogens (tertiary/aromatic N) is 6. The van der Waals surface area contributed by atoms with Crippen LogP contribution in [-0.4, -0.2) is 48.4 Å². The number of nitrogens with one attached hydrogen (secondary N) is 1. The predicted octanol–water partition coefficient (Wildman–Crippen LogP) is 2.76. The number of hydrogen-bond acceptors (Lipinski definition) is 6. The van der Waals surface area contributed by atoms with Crippen LogP contribution in [0, 0.1) is 5.82 Å². The Balaban J connectivity index is 1.49. The molecule has 29 heavy (non-hydrogen) atoms. The molecule has 0 spiro atoms. The normalized spacial score (nSPS) is 16.6. The van der Waals surface area contributed by atoms with Crippen molar-refractivity contribution in [3.63, 3.8) is 0 Å². The fourth-order valence-electron chi connectivity index (χ4n) is 3.73. The molecule has 5 rings (SSSR count). The SMILES string of the molecule is OC[C@@H]1CCCN1c1nc(Nc2cn(-c3ccccc3F)cn2)c2cccn2n1. The topological polar surface area (TPSA) is 83.5 Å². The lowest BCUT2D eigenvalue weighted by Crippen LogP contribution is -2.34.